The van der Waals surface area contributed by atoms with Crippen LogP contribution in [0, 0.1) is 5.82 Å². The summed E-state index contributed by atoms with van der Waals surface area (Å²) in [6.07, 6.45) is 0. The average Bonchev–Trinajstić information content (AvgIpc) is 2.36. The molecule has 0 spiro atoms. The smallest absolute Gasteiger partial charge is 0.257 e. The standard InChI is InChI=1S/C13H8BrCl2FN2O/c14-9-4-7(17)5-10(16)12(9)19-13(20)8-3-6(15)1-2-11(8)18/h1-5H,18H2,(H,19,20). The highest BCUT2D eigenvalue weighted by molar-refractivity contribution is 9.10. The summed E-state index contributed by atoms with van der Waals surface area (Å²) in [5.74, 6) is -0.999. The second-order valence-electron chi connectivity index (χ2n) is 3.93. The van der Waals surface area contributed by atoms with Crippen molar-refractivity contribution in [3.05, 3.63) is 56.2 Å². The Morgan fingerprint density at radius 3 is 2.60 bits per heavy atom. The zero-order chi connectivity index (χ0) is 14.9. The molecule has 7 heteroatoms. The first-order chi connectivity index (χ1) is 9.38. The van der Waals surface area contributed by atoms with Gasteiger partial charge in [-0.05, 0) is 46.3 Å². The molecule has 0 aliphatic heterocycles. The molecule has 0 bridgehead atoms. The molecule has 0 heterocycles. The maximum atomic E-state index is 13.1. The second-order valence-corrected chi connectivity index (χ2v) is 5.63. The number of hydrogen-bond acceptors (Lipinski definition) is 2. The highest BCUT2D eigenvalue weighted by Gasteiger charge is 2.15. The topological polar surface area (TPSA) is 55.1 Å². The van der Waals surface area contributed by atoms with Crippen LogP contribution in [0.2, 0.25) is 10.0 Å². The summed E-state index contributed by atoms with van der Waals surface area (Å²) in [6, 6.07) is 6.84. The third-order valence-corrected chi connectivity index (χ3v) is 3.66. The molecule has 2 aromatic rings. The van der Waals surface area contributed by atoms with E-state index in [-0.39, 0.29) is 22.0 Å². The first-order valence-corrected chi connectivity index (χ1v) is 6.94. The fourth-order valence-corrected chi connectivity index (χ4v) is 2.64. The normalized spacial score (nSPS) is 10.4. The molecule has 0 saturated carbocycles. The Bertz CT molecular complexity index is 671. The van der Waals surface area contributed by atoms with Crippen molar-refractivity contribution < 1.29 is 9.18 Å². The number of benzene rings is 2. The molecule has 20 heavy (non-hydrogen) atoms. The fraction of sp³-hybridized carbons (Fsp3) is 0. The van der Waals surface area contributed by atoms with Crippen molar-refractivity contribution in [2.45, 2.75) is 0 Å². The van der Waals surface area contributed by atoms with E-state index in [1.807, 2.05) is 0 Å². The number of rotatable bonds is 2. The molecule has 0 unspecified atom stereocenters. The summed E-state index contributed by atoms with van der Waals surface area (Å²) in [7, 11) is 0. The number of nitrogens with one attached hydrogen (secondary N) is 1. The average molecular weight is 378 g/mol. The highest BCUT2D eigenvalue weighted by atomic mass is 79.9. The molecule has 0 atom stereocenters. The maximum absolute atomic E-state index is 13.1. The first-order valence-electron chi connectivity index (χ1n) is 5.39. The van der Waals surface area contributed by atoms with Gasteiger partial charge >= 0.3 is 0 Å². The van der Waals surface area contributed by atoms with Crippen LogP contribution in [0.15, 0.2) is 34.8 Å². The van der Waals surface area contributed by atoms with Crippen molar-refractivity contribution in [2.75, 3.05) is 11.1 Å². The van der Waals surface area contributed by atoms with Gasteiger partial charge in [0.25, 0.3) is 5.91 Å². The second kappa shape index (κ2) is 5.99. The van der Waals surface area contributed by atoms with E-state index >= 15 is 0 Å². The predicted octanol–water partition coefficient (Wildman–Crippen LogP) is 4.73. The van der Waals surface area contributed by atoms with Crippen LogP contribution in [0.1, 0.15) is 10.4 Å². The number of hydrogen-bond donors (Lipinski definition) is 2. The third kappa shape index (κ3) is 3.23. The number of anilines is 2. The van der Waals surface area contributed by atoms with Crippen LogP contribution in [0.4, 0.5) is 15.8 Å². The van der Waals surface area contributed by atoms with Crippen LogP contribution in [-0.2, 0) is 0 Å². The molecule has 2 aromatic carbocycles. The molecule has 2 rings (SSSR count). The monoisotopic (exact) mass is 376 g/mol. The summed E-state index contributed by atoms with van der Waals surface area (Å²) in [5, 5.41) is 3.02. The number of nitrogen functional groups attached to an aromatic ring is 1. The van der Waals surface area contributed by atoms with Crippen molar-refractivity contribution in [1.29, 1.82) is 0 Å². The van der Waals surface area contributed by atoms with Crippen molar-refractivity contribution in [3.63, 3.8) is 0 Å². The van der Waals surface area contributed by atoms with Crippen LogP contribution >= 0.6 is 39.1 Å². The SMILES string of the molecule is Nc1ccc(Cl)cc1C(=O)Nc1c(Cl)cc(F)cc1Br. The minimum Gasteiger partial charge on any atom is -0.398 e. The molecule has 0 aliphatic carbocycles. The molecule has 3 N–H and O–H groups in total. The lowest BCUT2D eigenvalue weighted by molar-refractivity contribution is 0.102. The zero-order valence-corrected chi connectivity index (χ0v) is 13.0. The Morgan fingerprint density at radius 2 is 1.95 bits per heavy atom. The van der Waals surface area contributed by atoms with E-state index in [0.29, 0.717) is 9.50 Å². The molecule has 0 fully saturated rings. The lowest BCUT2D eigenvalue weighted by atomic mass is 10.1. The Kier molecular flexibility index (Phi) is 4.52. The van der Waals surface area contributed by atoms with Gasteiger partial charge in [-0.1, -0.05) is 23.2 Å². The van der Waals surface area contributed by atoms with Crippen molar-refractivity contribution in [1.82, 2.24) is 0 Å². The van der Waals surface area contributed by atoms with Crippen LogP contribution in [-0.4, -0.2) is 5.91 Å². The van der Waals surface area contributed by atoms with Gasteiger partial charge in [0.1, 0.15) is 5.82 Å². The summed E-state index contributed by atoms with van der Waals surface area (Å²) >= 11 is 14.9. The molecule has 0 aromatic heterocycles. The molecule has 0 aliphatic rings. The van der Waals surface area contributed by atoms with Crippen molar-refractivity contribution >= 4 is 56.4 Å². The molecular weight excluding hydrogens is 370 g/mol. The summed E-state index contributed by atoms with van der Waals surface area (Å²) < 4.78 is 13.5. The molecule has 0 saturated heterocycles. The Morgan fingerprint density at radius 1 is 1.25 bits per heavy atom. The maximum Gasteiger partial charge on any atom is 0.257 e. The van der Waals surface area contributed by atoms with E-state index < -0.39 is 11.7 Å². The van der Waals surface area contributed by atoms with Crippen molar-refractivity contribution in [2.24, 2.45) is 0 Å². The number of halogens is 4. The third-order valence-electron chi connectivity index (χ3n) is 2.51. The van der Waals surface area contributed by atoms with E-state index in [0.717, 1.165) is 6.07 Å². The van der Waals surface area contributed by atoms with E-state index in [1.165, 1.54) is 18.2 Å². The zero-order valence-electron chi connectivity index (χ0n) is 9.88. The number of nitrogens with two attached hydrogens (primary N) is 1. The van der Waals surface area contributed by atoms with Gasteiger partial charge in [-0.2, -0.15) is 0 Å². The molecule has 0 radical (unpaired) electrons. The van der Waals surface area contributed by atoms with Crippen LogP contribution < -0.4 is 11.1 Å². The van der Waals surface area contributed by atoms with E-state index in [9.17, 15) is 9.18 Å². The summed E-state index contributed by atoms with van der Waals surface area (Å²) in [4.78, 5) is 12.2. The molecule has 1 amide bonds. The van der Waals surface area contributed by atoms with E-state index in [1.54, 1.807) is 6.07 Å². The Hall–Kier alpha value is -1.30. The highest BCUT2D eigenvalue weighted by Crippen LogP contribution is 2.32. The van der Waals surface area contributed by atoms with Gasteiger partial charge in [-0.25, -0.2) is 4.39 Å². The largest absolute Gasteiger partial charge is 0.398 e. The first kappa shape index (κ1) is 15.1. The van der Waals surface area contributed by atoms with Gasteiger partial charge in [0.2, 0.25) is 0 Å². The van der Waals surface area contributed by atoms with Gasteiger partial charge < -0.3 is 11.1 Å². The predicted molar refractivity (Wildman–Crippen MR) is 82.9 cm³/mol. The quantitative estimate of drug-likeness (QED) is 0.743. The number of amides is 1. The minimum absolute atomic E-state index is 0.0748. The van der Waals surface area contributed by atoms with E-state index in [4.69, 9.17) is 28.9 Å². The molecule has 104 valence electrons. The Balaban J connectivity index is 2.35. The van der Waals surface area contributed by atoms with Crippen LogP contribution in [0.25, 0.3) is 0 Å². The molecule has 3 nitrogen and oxygen atoms in total. The Labute approximate surface area is 133 Å². The lowest BCUT2D eigenvalue weighted by Crippen LogP contribution is -2.14. The van der Waals surface area contributed by atoms with Gasteiger partial charge in [-0.15, -0.1) is 0 Å². The summed E-state index contributed by atoms with van der Waals surface area (Å²) in [5.41, 5.74) is 6.47. The van der Waals surface area contributed by atoms with Crippen molar-refractivity contribution in [3.8, 4) is 0 Å². The van der Waals surface area contributed by atoms with Crippen LogP contribution in [0.3, 0.4) is 0 Å². The van der Waals surface area contributed by atoms with Crippen LogP contribution in [0.5, 0.6) is 0 Å². The van der Waals surface area contributed by atoms with Gasteiger partial charge in [0.05, 0.1) is 16.3 Å². The summed E-state index contributed by atoms with van der Waals surface area (Å²) in [6.45, 7) is 0. The van der Waals surface area contributed by atoms with E-state index in [2.05, 4.69) is 21.2 Å². The van der Waals surface area contributed by atoms with Gasteiger partial charge in [0, 0.05) is 15.2 Å². The minimum atomic E-state index is -0.512. The van der Waals surface area contributed by atoms with Gasteiger partial charge in [0.15, 0.2) is 0 Å². The lowest BCUT2D eigenvalue weighted by Gasteiger charge is -2.11. The number of carbonyl (C=O) groups excluding carboxylic acids is 1. The fourth-order valence-electron chi connectivity index (χ4n) is 1.57. The van der Waals surface area contributed by atoms with Gasteiger partial charge in [-0.3, -0.25) is 4.79 Å². The number of carbonyl (C=O) groups is 1. The molecular formula is C13H8BrCl2FN2O.